The van der Waals surface area contributed by atoms with E-state index in [1.165, 1.54) is 12.8 Å². The minimum atomic E-state index is -0.148. The Labute approximate surface area is 85.4 Å². The van der Waals surface area contributed by atoms with Crippen LogP contribution in [0.15, 0.2) is 0 Å². The number of ether oxygens (including phenoxy) is 2. The molecule has 3 heteroatoms. The molecular weight excluding hydrogens is 180 g/mol. The van der Waals surface area contributed by atoms with Gasteiger partial charge in [0.15, 0.2) is 0 Å². The van der Waals surface area contributed by atoms with E-state index >= 15 is 0 Å². The van der Waals surface area contributed by atoms with Gasteiger partial charge in [-0.3, -0.25) is 0 Å². The predicted molar refractivity (Wildman–Crippen MR) is 53.1 cm³/mol. The van der Waals surface area contributed by atoms with E-state index in [-0.39, 0.29) is 6.10 Å². The molecule has 0 aromatic rings. The van der Waals surface area contributed by atoms with Gasteiger partial charge in [-0.25, -0.2) is 0 Å². The van der Waals surface area contributed by atoms with E-state index < -0.39 is 0 Å². The summed E-state index contributed by atoms with van der Waals surface area (Å²) in [5.41, 5.74) is 0. The number of aliphatic hydroxyl groups is 1. The van der Waals surface area contributed by atoms with Crippen molar-refractivity contribution < 1.29 is 14.6 Å². The lowest BCUT2D eigenvalue weighted by atomic mass is 9.92. The molecule has 2 saturated heterocycles. The smallest absolute Gasteiger partial charge is 0.0612 e. The average Bonchev–Trinajstić information content (AvgIpc) is 2.69. The summed E-state index contributed by atoms with van der Waals surface area (Å²) in [6.45, 7) is 2.37. The summed E-state index contributed by atoms with van der Waals surface area (Å²) in [6.07, 6.45) is 5.64. The molecule has 0 radical (unpaired) electrons. The van der Waals surface area contributed by atoms with Gasteiger partial charge in [0.1, 0.15) is 0 Å². The van der Waals surface area contributed by atoms with Crippen molar-refractivity contribution in [2.45, 2.75) is 44.3 Å². The fourth-order valence-electron chi connectivity index (χ4n) is 2.33. The zero-order chi connectivity index (χ0) is 9.80. The number of rotatable bonds is 3. The lowest BCUT2D eigenvalue weighted by Crippen LogP contribution is -2.32. The number of hydrogen-bond donors (Lipinski definition) is 1. The monoisotopic (exact) mass is 200 g/mol. The molecule has 0 aromatic carbocycles. The molecule has 14 heavy (non-hydrogen) atoms. The summed E-state index contributed by atoms with van der Waals surface area (Å²) >= 11 is 0. The molecule has 2 aliphatic rings. The molecule has 0 aromatic heterocycles. The van der Waals surface area contributed by atoms with Crippen LogP contribution in [0, 0.1) is 5.92 Å². The molecule has 0 amide bonds. The minimum Gasteiger partial charge on any atom is -0.393 e. The van der Waals surface area contributed by atoms with Gasteiger partial charge in [-0.15, -0.1) is 0 Å². The summed E-state index contributed by atoms with van der Waals surface area (Å²) in [4.78, 5) is 0. The van der Waals surface area contributed by atoms with Crippen LogP contribution in [0.5, 0.6) is 0 Å². The van der Waals surface area contributed by atoms with E-state index in [0.29, 0.717) is 12.0 Å². The average molecular weight is 200 g/mol. The highest BCUT2D eigenvalue weighted by molar-refractivity contribution is 4.75. The maximum Gasteiger partial charge on any atom is 0.0612 e. The third kappa shape index (κ3) is 2.69. The van der Waals surface area contributed by atoms with E-state index in [1.54, 1.807) is 0 Å². The van der Waals surface area contributed by atoms with Crippen LogP contribution in [-0.4, -0.2) is 37.1 Å². The molecule has 1 N–H and O–H groups in total. The van der Waals surface area contributed by atoms with Gasteiger partial charge in [-0.2, -0.15) is 0 Å². The Balaban J connectivity index is 1.67. The van der Waals surface area contributed by atoms with Crippen LogP contribution in [0.25, 0.3) is 0 Å². The van der Waals surface area contributed by atoms with Crippen LogP contribution < -0.4 is 0 Å². The van der Waals surface area contributed by atoms with Crippen molar-refractivity contribution in [3.63, 3.8) is 0 Å². The molecule has 3 unspecified atom stereocenters. The fourth-order valence-corrected chi connectivity index (χ4v) is 2.33. The van der Waals surface area contributed by atoms with E-state index in [0.717, 1.165) is 39.1 Å². The zero-order valence-corrected chi connectivity index (χ0v) is 8.65. The molecule has 0 saturated carbocycles. The Hall–Kier alpha value is -0.120. The zero-order valence-electron chi connectivity index (χ0n) is 8.65. The maximum atomic E-state index is 9.72. The third-order valence-corrected chi connectivity index (χ3v) is 3.32. The molecule has 2 fully saturated rings. The topological polar surface area (TPSA) is 38.7 Å². The van der Waals surface area contributed by atoms with Gasteiger partial charge in [0.2, 0.25) is 0 Å². The van der Waals surface area contributed by atoms with Crippen molar-refractivity contribution in [2.75, 3.05) is 19.8 Å². The molecule has 2 rings (SSSR count). The lowest BCUT2D eigenvalue weighted by molar-refractivity contribution is -0.0428. The van der Waals surface area contributed by atoms with E-state index in [2.05, 4.69) is 0 Å². The SMILES string of the molecule is OC1CCOCC1CCC1CCCO1. The largest absolute Gasteiger partial charge is 0.393 e. The van der Waals surface area contributed by atoms with Gasteiger partial charge < -0.3 is 14.6 Å². The van der Waals surface area contributed by atoms with Gasteiger partial charge in [0.05, 0.1) is 18.8 Å². The molecule has 3 atom stereocenters. The Bertz CT molecular complexity index is 166. The van der Waals surface area contributed by atoms with E-state index in [1.807, 2.05) is 0 Å². The first kappa shape index (κ1) is 10.4. The first-order chi connectivity index (χ1) is 6.86. The summed E-state index contributed by atoms with van der Waals surface area (Å²) in [5.74, 6) is 0.341. The van der Waals surface area contributed by atoms with Crippen LogP contribution in [0.1, 0.15) is 32.1 Å². The van der Waals surface area contributed by atoms with Gasteiger partial charge in [-0.1, -0.05) is 0 Å². The van der Waals surface area contributed by atoms with E-state index in [4.69, 9.17) is 9.47 Å². The lowest BCUT2D eigenvalue weighted by Gasteiger charge is -2.28. The summed E-state index contributed by atoms with van der Waals surface area (Å²) in [5, 5.41) is 9.72. The van der Waals surface area contributed by atoms with Crippen LogP contribution in [0.3, 0.4) is 0 Å². The van der Waals surface area contributed by atoms with Gasteiger partial charge in [0.25, 0.3) is 0 Å². The molecular formula is C11H20O3. The Morgan fingerprint density at radius 1 is 1.14 bits per heavy atom. The summed E-state index contributed by atoms with van der Waals surface area (Å²) in [6, 6.07) is 0. The van der Waals surface area contributed by atoms with E-state index in [9.17, 15) is 5.11 Å². The first-order valence-electron chi connectivity index (χ1n) is 5.73. The highest BCUT2D eigenvalue weighted by Crippen LogP contribution is 2.24. The van der Waals surface area contributed by atoms with Crippen molar-refractivity contribution in [3.8, 4) is 0 Å². The predicted octanol–water partition coefficient (Wildman–Crippen LogP) is 1.34. The number of hydrogen-bond acceptors (Lipinski definition) is 3. The highest BCUT2D eigenvalue weighted by Gasteiger charge is 2.25. The second-order valence-corrected chi connectivity index (χ2v) is 4.40. The van der Waals surface area contributed by atoms with Crippen LogP contribution in [-0.2, 0) is 9.47 Å². The van der Waals surface area contributed by atoms with Crippen molar-refractivity contribution in [2.24, 2.45) is 5.92 Å². The van der Waals surface area contributed by atoms with Crippen molar-refractivity contribution in [1.82, 2.24) is 0 Å². The second-order valence-electron chi connectivity index (χ2n) is 4.40. The fraction of sp³-hybridized carbons (Fsp3) is 1.00. The highest BCUT2D eigenvalue weighted by atomic mass is 16.5. The van der Waals surface area contributed by atoms with Crippen molar-refractivity contribution in [3.05, 3.63) is 0 Å². The molecule has 2 aliphatic heterocycles. The molecule has 0 aliphatic carbocycles. The molecule has 0 bridgehead atoms. The molecule has 3 nitrogen and oxygen atoms in total. The van der Waals surface area contributed by atoms with Gasteiger partial charge in [0, 0.05) is 19.1 Å². The van der Waals surface area contributed by atoms with Crippen LogP contribution in [0.2, 0.25) is 0 Å². The van der Waals surface area contributed by atoms with Crippen molar-refractivity contribution >= 4 is 0 Å². The Morgan fingerprint density at radius 2 is 2.07 bits per heavy atom. The standard InChI is InChI=1S/C11H20O3/c12-11-5-7-13-8-9(11)3-4-10-2-1-6-14-10/h9-12H,1-8H2. The normalized spacial score (nSPS) is 38.8. The maximum absolute atomic E-state index is 9.72. The van der Waals surface area contributed by atoms with Gasteiger partial charge >= 0.3 is 0 Å². The molecule has 0 spiro atoms. The summed E-state index contributed by atoms with van der Waals surface area (Å²) < 4.78 is 10.9. The van der Waals surface area contributed by atoms with Crippen LogP contribution in [0.4, 0.5) is 0 Å². The van der Waals surface area contributed by atoms with Gasteiger partial charge in [-0.05, 0) is 32.1 Å². The third-order valence-electron chi connectivity index (χ3n) is 3.32. The first-order valence-corrected chi connectivity index (χ1v) is 5.73. The molecule has 82 valence electrons. The summed E-state index contributed by atoms with van der Waals surface area (Å²) in [7, 11) is 0. The Kier molecular flexibility index (Phi) is 3.79. The second kappa shape index (κ2) is 5.10. The van der Waals surface area contributed by atoms with Crippen molar-refractivity contribution in [1.29, 1.82) is 0 Å². The Morgan fingerprint density at radius 3 is 2.79 bits per heavy atom. The van der Waals surface area contributed by atoms with Crippen LogP contribution >= 0.6 is 0 Å². The minimum absolute atomic E-state index is 0.148. The number of aliphatic hydroxyl groups excluding tert-OH is 1. The molecule has 2 heterocycles. The quantitative estimate of drug-likeness (QED) is 0.747.